The molecule has 0 aromatic heterocycles. The number of nitrogens with zero attached hydrogens (tertiary/aromatic N) is 2. The van der Waals surface area contributed by atoms with Crippen LogP contribution in [0, 0.1) is 0 Å². The Labute approximate surface area is 107 Å². The highest BCUT2D eigenvalue weighted by molar-refractivity contribution is 5.95. The first-order valence-corrected chi connectivity index (χ1v) is 6.18. The second-order valence-electron chi connectivity index (χ2n) is 4.70. The highest BCUT2D eigenvalue weighted by atomic mass is 16.2. The van der Waals surface area contributed by atoms with Crippen LogP contribution in [0.3, 0.4) is 0 Å². The second-order valence-corrected chi connectivity index (χ2v) is 4.70. The van der Waals surface area contributed by atoms with E-state index in [0.717, 1.165) is 25.2 Å². The number of hydrogen-bond acceptors (Lipinski definition) is 3. The van der Waals surface area contributed by atoms with Gasteiger partial charge in [-0.1, -0.05) is 12.1 Å². The summed E-state index contributed by atoms with van der Waals surface area (Å²) in [5.74, 6) is 0.177. The van der Waals surface area contributed by atoms with Gasteiger partial charge in [-0.2, -0.15) is 0 Å². The number of amides is 1. The molecule has 0 spiro atoms. The highest BCUT2D eigenvalue weighted by Gasteiger charge is 2.19. The standard InChI is InChI=1S/C14H18N2O2/c1-11(17)12-5-3-6-13(9-12)16-8-4-7-15(2)14(18)10-16/h3,5-6,9H,4,7-8,10H2,1-2H3. The molecule has 4 nitrogen and oxygen atoms in total. The lowest BCUT2D eigenvalue weighted by Gasteiger charge is -2.22. The summed E-state index contributed by atoms with van der Waals surface area (Å²) in [4.78, 5) is 27.0. The van der Waals surface area contributed by atoms with Crippen LogP contribution in [-0.4, -0.2) is 43.3 Å². The Kier molecular flexibility index (Phi) is 3.65. The molecule has 1 aliphatic rings. The first kappa shape index (κ1) is 12.6. The van der Waals surface area contributed by atoms with E-state index in [1.165, 1.54) is 0 Å². The number of hydrogen-bond donors (Lipinski definition) is 0. The maximum Gasteiger partial charge on any atom is 0.241 e. The zero-order valence-corrected chi connectivity index (χ0v) is 10.8. The van der Waals surface area contributed by atoms with Gasteiger partial charge in [-0.25, -0.2) is 0 Å². The second kappa shape index (κ2) is 5.21. The van der Waals surface area contributed by atoms with E-state index < -0.39 is 0 Å². The Hall–Kier alpha value is -1.84. The summed E-state index contributed by atoms with van der Waals surface area (Å²) in [5.41, 5.74) is 1.64. The topological polar surface area (TPSA) is 40.6 Å². The van der Waals surface area contributed by atoms with E-state index in [2.05, 4.69) is 0 Å². The van der Waals surface area contributed by atoms with Crippen molar-refractivity contribution in [3.05, 3.63) is 29.8 Å². The zero-order valence-electron chi connectivity index (χ0n) is 10.8. The maximum absolute atomic E-state index is 11.8. The van der Waals surface area contributed by atoms with Crippen molar-refractivity contribution in [2.24, 2.45) is 0 Å². The average molecular weight is 246 g/mol. The van der Waals surface area contributed by atoms with Gasteiger partial charge in [-0.15, -0.1) is 0 Å². The predicted octanol–water partition coefficient (Wildman–Crippen LogP) is 1.56. The summed E-state index contributed by atoms with van der Waals surface area (Å²) in [6.07, 6.45) is 0.951. The van der Waals surface area contributed by atoms with Gasteiger partial charge >= 0.3 is 0 Å². The van der Waals surface area contributed by atoms with E-state index in [1.807, 2.05) is 30.1 Å². The third-order valence-electron chi connectivity index (χ3n) is 3.29. The molecule has 0 N–H and O–H groups in total. The monoisotopic (exact) mass is 246 g/mol. The van der Waals surface area contributed by atoms with Crippen LogP contribution in [0.15, 0.2) is 24.3 Å². The van der Waals surface area contributed by atoms with E-state index in [4.69, 9.17) is 0 Å². The molecule has 0 atom stereocenters. The molecule has 96 valence electrons. The molecule has 2 rings (SSSR count). The van der Waals surface area contributed by atoms with Gasteiger partial charge in [-0.05, 0) is 25.5 Å². The quantitative estimate of drug-likeness (QED) is 0.743. The van der Waals surface area contributed by atoms with Gasteiger partial charge in [0.05, 0.1) is 6.54 Å². The van der Waals surface area contributed by atoms with Crippen molar-refractivity contribution in [2.45, 2.75) is 13.3 Å². The van der Waals surface area contributed by atoms with Crippen molar-refractivity contribution >= 4 is 17.4 Å². The SMILES string of the molecule is CC(=O)c1cccc(N2CCCN(C)C(=O)C2)c1. The average Bonchev–Trinajstić information content (AvgIpc) is 2.52. The number of carbonyl (C=O) groups excluding carboxylic acids is 2. The van der Waals surface area contributed by atoms with Crippen LogP contribution in [-0.2, 0) is 4.79 Å². The Morgan fingerprint density at radius 3 is 2.78 bits per heavy atom. The highest BCUT2D eigenvalue weighted by Crippen LogP contribution is 2.18. The number of ketones is 1. The largest absolute Gasteiger partial charge is 0.362 e. The molecule has 1 aromatic rings. The molecular weight excluding hydrogens is 228 g/mol. The van der Waals surface area contributed by atoms with Gasteiger partial charge in [0.1, 0.15) is 0 Å². The van der Waals surface area contributed by atoms with Crippen molar-refractivity contribution in [3.63, 3.8) is 0 Å². The zero-order chi connectivity index (χ0) is 13.1. The molecule has 18 heavy (non-hydrogen) atoms. The Morgan fingerprint density at radius 1 is 1.28 bits per heavy atom. The fourth-order valence-electron chi connectivity index (χ4n) is 2.13. The van der Waals surface area contributed by atoms with Gasteiger partial charge in [0.2, 0.25) is 5.91 Å². The molecule has 1 fully saturated rings. The van der Waals surface area contributed by atoms with E-state index in [-0.39, 0.29) is 11.7 Å². The number of rotatable bonds is 2. The predicted molar refractivity (Wildman–Crippen MR) is 70.9 cm³/mol. The summed E-state index contributed by atoms with van der Waals surface area (Å²) in [7, 11) is 1.83. The van der Waals surface area contributed by atoms with Crippen LogP contribution < -0.4 is 4.90 Å². The molecule has 0 unspecified atom stereocenters. The summed E-state index contributed by atoms with van der Waals surface area (Å²) in [5, 5.41) is 0. The fourth-order valence-corrected chi connectivity index (χ4v) is 2.13. The minimum absolute atomic E-state index is 0.0510. The van der Waals surface area contributed by atoms with Crippen LogP contribution in [0.4, 0.5) is 5.69 Å². The molecule has 4 heteroatoms. The minimum Gasteiger partial charge on any atom is -0.362 e. The van der Waals surface area contributed by atoms with Crippen LogP contribution in [0.25, 0.3) is 0 Å². The van der Waals surface area contributed by atoms with Crippen LogP contribution in [0.5, 0.6) is 0 Å². The number of anilines is 1. The molecular formula is C14H18N2O2. The molecule has 1 amide bonds. The number of likely N-dealkylation sites (N-methyl/N-ethyl adjacent to an activating group) is 1. The number of Topliss-reactive ketones (excluding diaryl/α,β-unsaturated/α-hetero) is 1. The minimum atomic E-state index is 0.0510. The first-order chi connectivity index (χ1) is 8.58. The van der Waals surface area contributed by atoms with Crippen LogP contribution in [0.2, 0.25) is 0 Å². The van der Waals surface area contributed by atoms with Crippen molar-refractivity contribution < 1.29 is 9.59 Å². The summed E-state index contributed by atoms with van der Waals surface area (Å²) >= 11 is 0. The van der Waals surface area contributed by atoms with Crippen LogP contribution >= 0.6 is 0 Å². The van der Waals surface area contributed by atoms with Crippen molar-refractivity contribution in [1.29, 1.82) is 0 Å². The van der Waals surface area contributed by atoms with Crippen molar-refractivity contribution in [1.82, 2.24) is 4.90 Å². The maximum atomic E-state index is 11.8. The normalized spacial score (nSPS) is 16.7. The summed E-state index contributed by atoms with van der Waals surface area (Å²) in [6.45, 7) is 3.58. The van der Waals surface area contributed by atoms with Crippen molar-refractivity contribution in [2.75, 3.05) is 31.6 Å². The third kappa shape index (κ3) is 2.70. The van der Waals surface area contributed by atoms with E-state index >= 15 is 0 Å². The molecule has 0 radical (unpaired) electrons. The van der Waals surface area contributed by atoms with E-state index in [9.17, 15) is 9.59 Å². The molecule has 0 saturated carbocycles. The van der Waals surface area contributed by atoms with Gasteiger partial charge in [0, 0.05) is 31.4 Å². The Bertz CT molecular complexity index is 471. The molecule has 1 saturated heterocycles. The molecule has 1 aromatic carbocycles. The lowest BCUT2D eigenvalue weighted by atomic mass is 10.1. The lowest BCUT2D eigenvalue weighted by Crippen LogP contribution is -2.34. The summed E-state index contributed by atoms with van der Waals surface area (Å²) < 4.78 is 0. The van der Waals surface area contributed by atoms with Gasteiger partial charge in [-0.3, -0.25) is 9.59 Å². The molecule has 1 heterocycles. The molecule has 0 bridgehead atoms. The smallest absolute Gasteiger partial charge is 0.241 e. The summed E-state index contributed by atoms with van der Waals surface area (Å²) in [6, 6.07) is 7.48. The molecule has 1 aliphatic heterocycles. The van der Waals surface area contributed by atoms with Gasteiger partial charge < -0.3 is 9.80 Å². The number of benzene rings is 1. The number of carbonyl (C=O) groups is 2. The van der Waals surface area contributed by atoms with Gasteiger partial charge in [0.15, 0.2) is 5.78 Å². The van der Waals surface area contributed by atoms with Crippen molar-refractivity contribution in [3.8, 4) is 0 Å². The third-order valence-corrected chi connectivity index (χ3v) is 3.29. The first-order valence-electron chi connectivity index (χ1n) is 6.18. The Morgan fingerprint density at radius 2 is 2.06 bits per heavy atom. The Balaban J connectivity index is 2.22. The van der Waals surface area contributed by atoms with E-state index in [1.54, 1.807) is 17.9 Å². The van der Waals surface area contributed by atoms with E-state index in [0.29, 0.717) is 12.1 Å². The fraction of sp³-hybridized carbons (Fsp3) is 0.429. The van der Waals surface area contributed by atoms with Gasteiger partial charge in [0.25, 0.3) is 0 Å². The molecule has 0 aliphatic carbocycles. The van der Waals surface area contributed by atoms with Crippen LogP contribution in [0.1, 0.15) is 23.7 Å². The lowest BCUT2D eigenvalue weighted by molar-refractivity contribution is -0.127.